The molecule has 8 heteroatoms. The molecule has 2 heterocycles. The van der Waals surface area contributed by atoms with Crippen LogP contribution in [0.5, 0.6) is 0 Å². The van der Waals surface area contributed by atoms with E-state index >= 15 is 0 Å². The van der Waals surface area contributed by atoms with Crippen molar-refractivity contribution in [1.82, 2.24) is 10.2 Å². The van der Waals surface area contributed by atoms with Crippen LogP contribution >= 0.6 is 0 Å². The fourth-order valence-electron chi connectivity index (χ4n) is 4.85. The number of ether oxygens (including phenoxy) is 2. The van der Waals surface area contributed by atoms with Crippen molar-refractivity contribution >= 4 is 6.03 Å². The van der Waals surface area contributed by atoms with E-state index in [1.807, 2.05) is 6.92 Å². The van der Waals surface area contributed by atoms with Crippen molar-refractivity contribution in [1.29, 1.82) is 0 Å². The minimum absolute atomic E-state index is 0.125. The first-order valence-corrected chi connectivity index (χ1v) is 8.99. The molecule has 1 unspecified atom stereocenters. The van der Waals surface area contributed by atoms with Crippen molar-refractivity contribution in [3.63, 3.8) is 0 Å². The summed E-state index contributed by atoms with van der Waals surface area (Å²) in [5.74, 6) is -0.479. The molecule has 5 nitrogen and oxygen atoms in total. The second-order valence-corrected chi connectivity index (χ2v) is 7.68. The van der Waals surface area contributed by atoms with Gasteiger partial charge in [-0.15, -0.1) is 0 Å². The smallest absolute Gasteiger partial charge is 0.381 e. The van der Waals surface area contributed by atoms with Crippen LogP contribution in [0.1, 0.15) is 39.0 Å². The van der Waals surface area contributed by atoms with Crippen LogP contribution in [0.2, 0.25) is 0 Å². The van der Waals surface area contributed by atoms with Gasteiger partial charge in [-0.1, -0.05) is 6.42 Å². The van der Waals surface area contributed by atoms with Gasteiger partial charge in [0, 0.05) is 46.3 Å². The number of hydrogen-bond donors (Lipinski definition) is 1. The van der Waals surface area contributed by atoms with E-state index in [2.05, 4.69) is 5.32 Å². The van der Waals surface area contributed by atoms with Gasteiger partial charge in [-0.2, -0.15) is 13.2 Å². The minimum atomic E-state index is -4.26. The number of urea groups is 1. The Morgan fingerprint density at radius 1 is 1.32 bits per heavy atom. The number of hydrogen-bond acceptors (Lipinski definition) is 3. The average molecular weight is 364 g/mol. The molecule has 0 spiro atoms. The summed E-state index contributed by atoms with van der Waals surface area (Å²) in [6, 6.07) is -0.718. The first kappa shape index (κ1) is 18.8. The van der Waals surface area contributed by atoms with E-state index in [0.717, 1.165) is 0 Å². The maximum absolute atomic E-state index is 13.6. The van der Waals surface area contributed by atoms with Crippen LogP contribution in [0.4, 0.5) is 18.0 Å². The van der Waals surface area contributed by atoms with E-state index in [0.29, 0.717) is 38.9 Å². The SMILES string of the molecule is COC1(C(C)NC(=O)N2C[C@@H]3CCC[C@]3(C(F)(F)F)C2)CCOCC1. The summed E-state index contributed by atoms with van der Waals surface area (Å²) in [7, 11) is 1.60. The quantitative estimate of drug-likeness (QED) is 0.838. The predicted molar refractivity (Wildman–Crippen MR) is 85.2 cm³/mol. The first-order valence-electron chi connectivity index (χ1n) is 8.99. The Morgan fingerprint density at radius 3 is 2.56 bits per heavy atom. The molecule has 3 rings (SSSR count). The van der Waals surface area contributed by atoms with Crippen LogP contribution < -0.4 is 5.32 Å². The summed E-state index contributed by atoms with van der Waals surface area (Å²) >= 11 is 0. The number of nitrogens with one attached hydrogen (secondary N) is 1. The maximum atomic E-state index is 13.6. The summed E-state index contributed by atoms with van der Waals surface area (Å²) in [6.45, 7) is 2.90. The zero-order valence-corrected chi connectivity index (χ0v) is 14.8. The number of amides is 2. The third-order valence-corrected chi connectivity index (χ3v) is 6.60. The third-order valence-electron chi connectivity index (χ3n) is 6.60. The Hall–Kier alpha value is -1.02. The second kappa shape index (κ2) is 6.61. The number of likely N-dealkylation sites (tertiary alicyclic amines) is 1. The van der Waals surface area contributed by atoms with Crippen LogP contribution in [0.3, 0.4) is 0 Å². The van der Waals surface area contributed by atoms with Crippen LogP contribution in [0.25, 0.3) is 0 Å². The molecule has 0 radical (unpaired) electrons. The largest absolute Gasteiger partial charge is 0.396 e. The highest BCUT2D eigenvalue weighted by Crippen LogP contribution is 2.57. The highest BCUT2D eigenvalue weighted by Gasteiger charge is 2.65. The molecule has 3 atom stereocenters. The van der Waals surface area contributed by atoms with Gasteiger partial charge in [0.2, 0.25) is 0 Å². The van der Waals surface area contributed by atoms with E-state index < -0.39 is 29.1 Å². The van der Waals surface area contributed by atoms with Gasteiger partial charge < -0.3 is 19.7 Å². The molecule has 144 valence electrons. The van der Waals surface area contributed by atoms with E-state index in [-0.39, 0.29) is 25.6 Å². The van der Waals surface area contributed by atoms with Crippen molar-refractivity contribution in [2.75, 3.05) is 33.4 Å². The maximum Gasteiger partial charge on any atom is 0.396 e. The fraction of sp³-hybridized carbons (Fsp3) is 0.941. The van der Waals surface area contributed by atoms with Crippen LogP contribution in [-0.4, -0.2) is 62.2 Å². The first-order chi connectivity index (χ1) is 11.7. The number of nitrogens with zero attached hydrogens (tertiary/aromatic N) is 1. The van der Waals surface area contributed by atoms with Gasteiger partial charge in [0.05, 0.1) is 17.1 Å². The van der Waals surface area contributed by atoms with Crippen molar-refractivity contribution in [3.8, 4) is 0 Å². The summed E-state index contributed by atoms with van der Waals surface area (Å²) < 4.78 is 51.9. The molecular weight excluding hydrogens is 337 g/mol. The minimum Gasteiger partial charge on any atom is -0.381 e. The van der Waals surface area contributed by atoms with Gasteiger partial charge in [0.1, 0.15) is 0 Å². The number of fused-ring (bicyclic) bond motifs is 1. The van der Waals surface area contributed by atoms with Crippen LogP contribution in [-0.2, 0) is 9.47 Å². The Labute approximate surface area is 146 Å². The van der Waals surface area contributed by atoms with E-state index in [9.17, 15) is 18.0 Å². The van der Waals surface area contributed by atoms with Gasteiger partial charge in [-0.25, -0.2) is 4.79 Å². The van der Waals surface area contributed by atoms with Gasteiger partial charge >= 0.3 is 12.2 Å². The monoisotopic (exact) mass is 364 g/mol. The van der Waals surface area contributed by atoms with Crippen LogP contribution in [0, 0.1) is 11.3 Å². The molecule has 0 bridgehead atoms. The molecule has 2 amide bonds. The number of rotatable bonds is 3. The molecule has 3 fully saturated rings. The highest BCUT2D eigenvalue weighted by atomic mass is 19.4. The topological polar surface area (TPSA) is 50.8 Å². The van der Waals surface area contributed by atoms with Crippen molar-refractivity contribution in [2.24, 2.45) is 11.3 Å². The van der Waals surface area contributed by atoms with Crippen molar-refractivity contribution in [2.45, 2.75) is 56.8 Å². The number of halogens is 3. The fourth-order valence-corrected chi connectivity index (χ4v) is 4.85. The van der Waals surface area contributed by atoms with E-state index in [4.69, 9.17) is 9.47 Å². The van der Waals surface area contributed by atoms with E-state index in [1.165, 1.54) is 4.90 Å². The second-order valence-electron chi connectivity index (χ2n) is 7.68. The molecule has 2 saturated heterocycles. The Kier molecular flexibility index (Phi) is 4.96. The van der Waals surface area contributed by atoms with E-state index in [1.54, 1.807) is 7.11 Å². The van der Waals surface area contributed by atoms with Gasteiger partial charge in [0.25, 0.3) is 0 Å². The van der Waals surface area contributed by atoms with Gasteiger partial charge in [0.15, 0.2) is 0 Å². The molecule has 2 aliphatic heterocycles. The summed E-state index contributed by atoms with van der Waals surface area (Å²) in [5.41, 5.74) is -2.24. The molecule has 3 aliphatic rings. The highest BCUT2D eigenvalue weighted by molar-refractivity contribution is 5.75. The molecule has 0 aromatic rings. The van der Waals surface area contributed by atoms with Crippen LogP contribution in [0.15, 0.2) is 0 Å². The van der Waals surface area contributed by atoms with Crippen molar-refractivity contribution in [3.05, 3.63) is 0 Å². The molecule has 25 heavy (non-hydrogen) atoms. The lowest BCUT2D eigenvalue weighted by atomic mass is 9.80. The summed E-state index contributed by atoms with van der Waals surface area (Å²) in [6.07, 6.45) is -1.70. The molecule has 0 aromatic heterocycles. The number of methoxy groups -OCH3 is 1. The predicted octanol–water partition coefficient (Wildman–Crippen LogP) is 2.94. The molecule has 1 saturated carbocycles. The summed E-state index contributed by atoms with van der Waals surface area (Å²) in [5, 5.41) is 2.88. The summed E-state index contributed by atoms with van der Waals surface area (Å²) in [4.78, 5) is 14.0. The zero-order valence-electron chi connectivity index (χ0n) is 14.8. The lowest BCUT2D eigenvalue weighted by Crippen LogP contribution is -2.57. The average Bonchev–Trinajstić information content (AvgIpc) is 3.13. The number of carbonyl (C=O) groups excluding carboxylic acids is 1. The Bertz CT molecular complexity index is 508. The lowest BCUT2D eigenvalue weighted by molar-refractivity contribution is -0.226. The Balaban J connectivity index is 1.66. The van der Waals surface area contributed by atoms with Gasteiger partial charge in [-0.3, -0.25) is 0 Å². The number of carbonyl (C=O) groups is 1. The zero-order chi connectivity index (χ0) is 18.3. The molecular formula is C17H27F3N2O3. The lowest BCUT2D eigenvalue weighted by Gasteiger charge is -2.41. The standard InChI is InChI=1S/C17H27F3N2O3/c1-12(16(24-2)6-8-25-9-7-16)21-14(23)22-10-13-4-3-5-15(13,11-22)17(18,19)20/h12-13H,3-11H2,1-2H3,(H,21,23)/t12?,13-,15-/m0/s1. The molecule has 1 N–H and O–H groups in total. The molecule has 1 aliphatic carbocycles. The third kappa shape index (κ3) is 3.12. The molecule has 0 aromatic carbocycles. The Morgan fingerprint density at radius 2 is 2.00 bits per heavy atom. The normalized spacial score (nSPS) is 33.2. The number of alkyl halides is 3. The van der Waals surface area contributed by atoms with Crippen molar-refractivity contribution < 1.29 is 27.4 Å². The van der Waals surface area contributed by atoms with Gasteiger partial charge in [-0.05, 0) is 25.7 Å².